The highest BCUT2D eigenvalue weighted by Crippen LogP contribution is 2.59. The van der Waals surface area contributed by atoms with Crippen LogP contribution in [0.3, 0.4) is 0 Å². The van der Waals surface area contributed by atoms with E-state index in [-0.39, 0.29) is 12.6 Å². The maximum Gasteiger partial charge on any atom is 0.259 e. The van der Waals surface area contributed by atoms with Crippen LogP contribution in [0.15, 0.2) is 28.7 Å². The smallest absolute Gasteiger partial charge is 0.259 e. The number of halogens is 6. The fourth-order valence-corrected chi connectivity index (χ4v) is 6.75. The van der Waals surface area contributed by atoms with Crippen molar-refractivity contribution >= 4 is 28.6 Å². The molecule has 1 saturated carbocycles. The molecule has 2 aromatic carbocycles. The van der Waals surface area contributed by atoms with Gasteiger partial charge in [-0.05, 0) is 37.5 Å². The van der Waals surface area contributed by atoms with Crippen molar-refractivity contribution in [3.63, 3.8) is 0 Å². The molecule has 1 fully saturated rings. The van der Waals surface area contributed by atoms with E-state index in [1.165, 1.54) is 6.92 Å². The van der Waals surface area contributed by atoms with Crippen LogP contribution in [0.4, 0.5) is 22.0 Å². The Labute approximate surface area is 186 Å². The average Bonchev–Trinajstić information content (AvgIpc) is 2.76. The molecule has 0 aromatic heterocycles. The molecule has 2 aromatic rings. The molecule has 0 radical (unpaired) electrons. The quantitative estimate of drug-likeness (QED) is 0.189. The Morgan fingerprint density at radius 3 is 2.00 bits per heavy atom. The van der Waals surface area contributed by atoms with E-state index >= 15 is 0 Å². The minimum absolute atomic E-state index is 0.141. The third-order valence-corrected chi connectivity index (χ3v) is 8.66. The van der Waals surface area contributed by atoms with Crippen LogP contribution in [0.25, 0.3) is 0 Å². The molecular weight excluding hydrogens is 504 g/mol. The van der Waals surface area contributed by atoms with E-state index in [1.54, 1.807) is 24.3 Å². The predicted octanol–water partition coefficient (Wildman–Crippen LogP) is 6.71. The van der Waals surface area contributed by atoms with Crippen molar-refractivity contribution in [1.82, 2.24) is 5.32 Å². The van der Waals surface area contributed by atoms with Gasteiger partial charge in [0.25, 0.3) is 7.37 Å². The Balaban J connectivity index is 2.21. The van der Waals surface area contributed by atoms with Crippen molar-refractivity contribution in [2.45, 2.75) is 50.9 Å². The molecule has 0 aliphatic heterocycles. The summed E-state index contributed by atoms with van der Waals surface area (Å²) in [6, 6.07) is 6.28. The highest BCUT2D eigenvalue weighted by atomic mass is 79.9. The van der Waals surface area contributed by atoms with Gasteiger partial charge in [-0.25, -0.2) is 22.0 Å². The molecule has 31 heavy (non-hydrogen) atoms. The van der Waals surface area contributed by atoms with Crippen LogP contribution in [0.2, 0.25) is 0 Å². The first-order valence-electron chi connectivity index (χ1n) is 9.98. The van der Waals surface area contributed by atoms with E-state index in [1.807, 2.05) is 0 Å². The molecule has 1 N–H and O–H groups in total. The second kappa shape index (κ2) is 10.1. The highest BCUT2D eigenvalue weighted by molar-refractivity contribution is 9.10. The molecule has 10 heteroatoms. The van der Waals surface area contributed by atoms with Crippen LogP contribution < -0.4 is 10.6 Å². The highest BCUT2D eigenvalue weighted by Gasteiger charge is 2.45. The third-order valence-electron chi connectivity index (χ3n) is 5.34. The van der Waals surface area contributed by atoms with Gasteiger partial charge >= 0.3 is 0 Å². The van der Waals surface area contributed by atoms with Gasteiger partial charge in [0.2, 0.25) is 5.82 Å². The minimum Gasteiger partial charge on any atom is -0.324 e. The molecule has 3 nitrogen and oxygen atoms in total. The Kier molecular flexibility index (Phi) is 7.95. The largest absolute Gasteiger partial charge is 0.324 e. The van der Waals surface area contributed by atoms with Crippen molar-refractivity contribution in [3.05, 3.63) is 63.4 Å². The number of hydrogen-bond donors (Lipinski definition) is 1. The summed E-state index contributed by atoms with van der Waals surface area (Å²) in [4.78, 5) is 0. The van der Waals surface area contributed by atoms with E-state index in [2.05, 4.69) is 21.2 Å². The Morgan fingerprint density at radius 1 is 0.968 bits per heavy atom. The Hall–Kier alpha value is -1.28. The summed E-state index contributed by atoms with van der Waals surface area (Å²) in [7, 11) is -4.66. The number of nitrogens with one attached hydrogen (secondary N) is 1. The van der Waals surface area contributed by atoms with E-state index < -0.39 is 47.5 Å². The second-order valence-corrected chi connectivity index (χ2v) is 10.7. The number of rotatable bonds is 7. The summed E-state index contributed by atoms with van der Waals surface area (Å²) < 4.78 is 91.2. The fourth-order valence-electron chi connectivity index (χ4n) is 3.86. The van der Waals surface area contributed by atoms with E-state index in [0.717, 1.165) is 32.1 Å². The number of benzene rings is 2. The molecule has 1 aliphatic rings. The summed E-state index contributed by atoms with van der Waals surface area (Å²) in [5.74, 6) is -12.2. The summed E-state index contributed by atoms with van der Waals surface area (Å²) in [5.41, 5.74) is 0.356. The topological polar surface area (TPSA) is 38.3 Å². The SMILES string of the molecule is CCO[P@@](=O)(c1c(F)c(F)c(F)c(F)c1F)[C@@H](NC1CCCCC1)c1ccc(Br)cc1. The van der Waals surface area contributed by atoms with Gasteiger partial charge in [-0.1, -0.05) is 47.3 Å². The molecule has 3 rings (SSSR count). The van der Waals surface area contributed by atoms with Crippen LogP contribution in [-0.4, -0.2) is 12.6 Å². The maximum atomic E-state index is 14.7. The lowest BCUT2D eigenvalue weighted by Crippen LogP contribution is -2.38. The van der Waals surface area contributed by atoms with Crippen LogP contribution >= 0.6 is 23.3 Å². The molecule has 0 unspecified atom stereocenters. The van der Waals surface area contributed by atoms with Crippen LogP contribution in [0, 0.1) is 29.1 Å². The van der Waals surface area contributed by atoms with E-state index in [0.29, 0.717) is 10.0 Å². The number of hydrogen-bond acceptors (Lipinski definition) is 3. The molecule has 0 saturated heterocycles. The van der Waals surface area contributed by atoms with Gasteiger partial charge in [-0.2, -0.15) is 0 Å². The zero-order valence-electron chi connectivity index (χ0n) is 16.7. The molecule has 0 amide bonds. The molecular formula is C21H22BrF5NO2P. The predicted molar refractivity (Wildman–Crippen MR) is 112 cm³/mol. The minimum atomic E-state index is -4.66. The van der Waals surface area contributed by atoms with Crippen molar-refractivity contribution in [2.75, 3.05) is 6.61 Å². The normalized spacial score (nSPS) is 18.0. The van der Waals surface area contributed by atoms with Crippen LogP contribution in [0.1, 0.15) is 50.4 Å². The summed E-state index contributed by atoms with van der Waals surface area (Å²) in [5, 5.41) is 1.73. The lowest BCUT2D eigenvalue weighted by atomic mass is 9.95. The Morgan fingerprint density at radius 2 is 1.48 bits per heavy atom. The van der Waals surface area contributed by atoms with E-state index in [4.69, 9.17) is 4.52 Å². The molecule has 0 heterocycles. The zero-order chi connectivity index (χ0) is 22.8. The van der Waals surface area contributed by atoms with Crippen LogP contribution in [-0.2, 0) is 9.09 Å². The maximum absolute atomic E-state index is 14.7. The second-order valence-electron chi connectivity index (χ2n) is 7.39. The molecule has 1 aliphatic carbocycles. The van der Waals surface area contributed by atoms with Gasteiger partial charge in [0.15, 0.2) is 23.3 Å². The van der Waals surface area contributed by atoms with Crippen molar-refractivity contribution in [1.29, 1.82) is 0 Å². The standard InChI is InChI=1S/C21H22BrF5NO2P/c1-2-30-31(29,20-18(26)16(24)15(23)17(25)19(20)27)21(12-8-10-13(22)11-9-12)28-14-6-4-3-5-7-14/h8-11,14,21,28H,2-7H2,1H3/t21-,31+/m1/s1. The van der Waals surface area contributed by atoms with Gasteiger partial charge in [0, 0.05) is 10.5 Å². The summed E-state index contributed by atoms with van der Waals surface area (Å²) in [6.45, 7) is 1.19. The van der Waals surface area contributed by atoms with Gasteiger partial charge in [0.05, 0.1) is 6.61 Å². The monoisotopic (exact) mass is 525 g/mol. The lowest BCUT2D eigenvalue weighted by Gasteiger charge is -2.34. The van der Waals surface area contributed by atoms with Crippen LogP contribution in [0.5, 0.6) is 0 Å². The lowest BCUT2D eigenvalue weighted by molar-refractivity contribution is 0.306. The summed E-state index contributed by atoms with van der Waals surface area (Å²) >= 11 is 3.29. The van der Waals surface area contributed by atoms with Crippen molar-refractivity contribution in [2.24, 2.45) is 0 Å². The molecule has 170 valence electrons. The first kappa shape index (κ1) is 24.4. The van der Waals surface area contributed by atoms with E-state index in [9.17, 15) is 26.5 Å². The summed E-state index contributed by atoms with van der Waals surface area (Å²) in [6.07, 6.45) is 4.31. The van der Waals surface area contributed by atoms with Crippen molar-refractivity contribution in [3.8, 4) is 0 Å². The van der Waals surface area contributed by atoms with Gasteiger partial charge in [-0.3, -0.25) is 9.88 Å². The van der Waals surface area contributed by atoms with Gasteiger partial charge < -0.3 is 4.52 Å². The Bertz CT molecular complexity index is 954. The first-order valence-corrected chi connectivity index (χ1v) is 12.5. The molecule has 0 spiro atoms. The first-order chi connectivity index (χ1) is 14.7. The van der Waals surface area contributed by atoms with Crippen molar-refractivity contribution < 1.29 is 31.0 Å². The average molecular weight is 526 g/mol. The van der Waals surface area contributed by atoms with Gasteiger partial charge in [0.1, 0.15) is 11.1 Å². The molecule has 2 atom stereocenters. The third kappa shape index (κ3) is 4.90. The zero-order valence-corrected chi connectivity index (χ0v) is 19.2. The fraction of sp³-hybridized carbons (Fsp3) is 0.429. The van der Waals surface area contributed by atoms with Gasteiger partial charge in [-0.15, -0.1) is 0 Å². The molecule has 0 bridgehead atoms.